The van der Waals surface area contributed by atoms with Crippen LogP contribution in [0.1, 0.15) is 126 Å². The van der Waals surface area contributed by atoms with Crippen LogP contribution in [0.15, 0.2) is 58.3 Å². The van der Waals surface area contributed by atoms with E-state index in [0.717, 1.165) is 85.6 Å². The molecule has 0 amide bonds. The molecule has 31 nitrogen and oxygen atoms in total. The molecule has 592 valence electrons. The number of aromatic nitrogens is 8. The summed E-state index contributed by atoms with van der Waals surface area (Å²) < 4.78 is 28.6. The van der Waals surface area contributed by atoms with Gasteiger partial charge in [0.2, 0.25) is 0 Å². The molecule has 4 aliphatic rings. The molecule has 4 aromatic heterocycles. The van der Waals surface area contributed by atoms with Gasteiger partial charge in [-0.05, 0) is 168 Å². The fourth-order valence-corrected chi connectivity index (χ4v) is 15.8. The zero-order valence-electron chi connectivity index (χ0n) is 62.6. The number of H-pyrrole nitrogens is 4. The van der Waals surface area contributed by atoms with Crippen molar-refractivity contribution in [3.8, 4) is 0 Å². The number of aliphatic hydroxyl groups is 8. The standard InChI is InChI=1S/3C17H30N3O5P.C17H30N3O4PS/c1-5-7-18-10-20-9-11(16(23)19-17(20)24)15-14(22)13(21)12(25-15)6-8-26(2,3)4;2*1-5-7-18-9-11-10-20(17(24)19-15(11)23)16-14(22)13(21)12(25-16)6-8-26(2,3)4;1-5-7-18-9-11-10-20(17(26)19-15(11)23)16-14(22)13(21)12(24-16)6-8-25(2,3)4/h9,12-15,18,21-22H,2,5-8,10H2,1,3-4H3,(H,19,23,24);2*10,12-14,16,18,21-22H,2,5-9H2,1,3-4H3,(H,19,23,24);10,12-14,16,18,21-22H,2,5-9H2,1,3-4H3,(H,19,23,26)/t12-,13-,14-,15+;3*12-,13-,14-,16-/m1111/s1. The maximum absolute atomic E-state index is 12.2. The number of hydrogen-bond donors (Lipinski definition) is 16. The summed E-state index contributed by atoms with van der Waals surface area (Å²) in [6.07, 6.45) is 16.5. The fraction of sp³-hybridized carbons (Fsp3) is 0.706. The van der Waals surface area contributed by atoms with E-state index in [1.807, 2.05) is 27.7 Å². The third kappa shape index (κ3) is 27.1. The number of ether oxygens (including phenoxy) is 4. The van der Waals surface area contributed by atoms with Gasteiger partial charge in [-0.2, -0.15) is 0 Å². The Hall–Kier alpha value is -4.30. The van der Waals surface area contributed by atoms with Gasteiger partial charge in [-0.15, -0.1) is 52.7 Å². The second-order valence-corrected chi connectivity index (χ2v) is 47.6. The number of nitrogens with one attached hydrogen (secondary N) is 8. The average Bonchev–Trinajstić information content (AvgIpc) is 1.61. The van der Waals surface area contributed by atoms with Crippen LogP contribution in [-0.4, -0.2) is 282 Å². The Morgan fingerprint density at radius 3 is 1.05 bits per heavy atom. The number of hydrogen-bond acceptors (Lipinski definition) is 24. The number of aliphatic hydroxyl groups excluding tert-OH is 8. The van der Waals surface area contributed by atoms with Crippen LogP contribution in [0.4, 0.5) is 0 Å². The average molecular weight is 1570 g/mol. The van der Waals surface area contributed by atoms with E-state index in [1.165, 1.54) is 27.7 Å². The third-order valence-electron chi connectivity index (χ3n) is 17.7. The van der Waals surface area contributed by atoms with Crippen molar-refractivity contribution >= 4 is 65.0 Å². The fourth-order valence-electron chi connectivity index (χ4n) is 11.7. The first-order valence-electron chi connectivity index (χ1n) is 35.5. The summed E-state index contributed by atoms with van der Waals surface area (Å²) in [6.45, 7) is 24.0. The molecule has 16 atom stereocenters. The lowest BCUT2D eigenvalue weighted by atomic mass is 10.0. The molecule has 0 spiro atoms. The molecule has 4 fully saturated rings. The van der Waals surface area contributed by atoms with Gasteiger partial charge < -0.3 is 75.8 Å². The second-order valence-electron chi connectivity index (χ2n) is 30.0. The Bertz CT molecular complexity index is 3600. The molecule has 8 rings (SSSR count). The van der Waals surface area contributed by atoms with Crippen LogP contribution in [0, 0.1) is 4.77 Å². The summed E-state index contributed by atoms with van der Waals surface area (Å²) >= 11 is 5.24. The van der Waals surface area contributed by atoms with Crippen LogP contribution in [0.5, 0.6) is 0 Å². The predicted molar refractivity (Wildman–Crippen MR) is 423 cm³/mol. The van der Waals surface area contributed by atoms with Crippen molar-refractivity contribution in [2.75, 3.05) is 104 Å². The molecule has 0 saturated carbocycles. The summed E-state index contributed by atoms with van der Waals surface area (Å²) in [5.74, 6) is 0. The third-order valence-corrected chi connectivity index (χ3v) is 23.9. The van der Waals surface area contributed by atoms with Crippen LogP contribution < -0.4 is 60.6 Å². The quantitative estimate of drug-likeness (QED) is 0.0179. The van der Waals surface area contributed by atoms with E-state index in [9.17, 15) is 74.4 Å². The first-order chi connectivity index (χ1) is 48.5. The zero-order chi connectivity index (χ0) is 77.9. The van der Waals surface area contributed by atoms with E-state index in [1.54, 1.807) is 6.20 Å². The molecule has 4 aromatic rings. The van der Waals surface area contributed by atoms with Crippen molar-refractivity contribution in [2.24, 2.45) is 0 Å². The minimum Gasteiger partial charge on any atom is -0.388 e. The van der Waals surface area contributed by atoms with Crippen molar-refractivity contribution in [3.05, 3.63) is 125 Å². The van der Waals surface area contributed by atoms with Crippen LogP contribution in [-0.2, 0) is 45.3 Å². The van der Waals surface area contributed by atoms with Gasteiger partial charge in [-0.3, -0.25) is 62.7 Å². The van der Waals surface area contributed by atoms with E-state index in [4.69, 9.17) is 31.2 Å². The van der Waals surface area contributed by atoms with Gasteiger partial charge in [0.25, 0.3) is 22.2 Å². The number of nitrogens with zero attached hydrogens (tertiary/aromatic N) is 4. The van der Waals surface area contributed by atoms with Gasteiger partial charge in [-0.1, -0.05) is 27.7 Å². The van der Waals surface area contributed by atoms with E-state index in [-0.39, 0.29) is 22.6 Å². The molecule has 0 aliphatic carbocycles. The van der Waals surface area contributed by atoms with Crippen molar-refractivity contribution in [1.29, 1.82) is 0 Å². The molecular formula is C68H120N12O19P4S. The Labute approximate surface area is 613 Å². The molecular weight excluding hydrogens is 1440 g/mol. The highest BCUT2D eigenvalue weighted by molar-refractivity contribution is 7.73. The minimum atomic E-state index is -1.29. The van der Waals surface area contributed by atoms with Gasteiger partial charge in [0.15, 0.2) is 23.5 Å². The molecule has 4 saturated heterocycles. The highest BCUT2D eigenvalue weighted by Crippen LogP contribution is 2.43. The lowest BCUT2D eigenvalue weighted by Gasteiger charge is -2.20. The van der Waals surface area contributed by atoms with Crippen LogP contribution in [0.3, 0.4) is 0 Å². The molecule has 104 heavy (non-hydrogen) atoms. The molecule has 0 aromatic carbocycles. The van der Waals surface area contributed by atoms with Crippen molar-refractivity contribution in [3.63, 3.8) is 0 Å². The number of rotatable bonds is 32. The Morgan fingerprint density at radius 2 is 0.702 bits per heavy atom. The Kier molecular flexibility index (Phi) is 35.6. The van der Waals surface area contributed by atoms with Crippen LogP contribution >= 0.6 is 39.8 Å². The van der Waals surface area contributed by atoms with Gasteiger partial charge in [-0.25, -0.2) is 14.4 Å². The summed E-state index contributed by atoms with van der Waals surface area (Å²) in [4.78, 5) is 93.9. The highest BCUT2D eigenvalue weighted by atomic mass is 32.1. The van der Waals surface area contributed by atoms with Gasteiger partial charge in [0.05, 0.1) is 36.6 Å². The smallest absolute Gasteiger partial charge is 0.330 e. The zero-order valence-corrected chi connectivity index (χ0v) is 67.0. The minimum absolute atomic E-state index is 0.139. The van der Waals surface area contributed by atoms with Crippen molar-refractivity contribution in [1.82, 2.24) is 59.5 Å². The normalized spacial score (nSPS) is 26.3. The predicted octanol–water partition coefficient (Wildman–Crippen LogP) is 0.388. The van der Waals surface area contributed by atoms with E-state index >= 15 is 0 Å². The summed E-state index contributed by atoms with van der Waals surface area (Å²) in [6, 6.07) is 0. The lowest BCUT2D eigenvalue weighted by Crippen LogP contribution is -2.39. The molecule has 4 aliphatic heterocycles. The highest BCUT2D eigenvalue weighted by Gasteiger charge is 2.48. The summed E-state index contributed by atoms with van der Waals surface area (Å²) in [7, 11) is 0. The first-order valence-corrected chi connectivity index (χ1v) is 48.1. The van der Waals surface area contributed by atoms with E-state index < -0.39 is 159 Å². The summed E-state index contributed by atoms with van der Waals surface area (Å²) in [5, 5.41) is 95.2. The largest absolute Gasteiger partial charge is 0.388 e. The molecule has 16 N–H and O–H groups in total. The molecule has 8 heterocycles. The molecule has 0 radical (unpaired) electrons. The van der Waals surface area contributed by atoms with Crippen LogP contribution in [0.2, 0.25) is 0 Å². The van der Waals surface area contributed by atoms with Crippen molar-refractivity contribution in [2.45, 2.75) is 203 Å². The van der Waals surface area contributed by atoms with E-state index in [2.05, 4.69) is 120 Å². The summed E-state index contributed by atoms with van der Waals surface area (Å²) in [5.41, 5.74) is -2.29. The molecule has 36 heteroatoms. The number of aromatic amines is 4. The van der Waals surface area contributed by atoms with Gasteiger partial charge in [0.1, 0.15) is 54.9 Å². The monoisotopic (exact) mass is 1560 g/mol. The molecule has 0 bridgehead atoms. The topological polar surface area (TPSA) is 449 Å². The maximum atomic E-state index is 12.2. The van der Waals surface area contributed by atoms with Gasteiger partial charge in [0, 0.05) is 61.1 Å². The SMILES string of the molecule is C=P(C)(C)CC[C@H]1O[C@@H](c2cn(CNCCC)c(=O)[nH]c2=O)[C@H](O)[C@@H]1O.C=P(C)(C)CC[C@H]1O[C@@H](n2cc(CNCCC)c(=O)[nH]c2=O)[C@H](O)[C@@H]1O.C=P(C)(C)CC[C@H]1O[C@@H](n2cc(CNCCC)c(=O)[nH]c2=O)[C@H](O)[C@@H]1O.C=P(C)(C)CC[C@H]1O[C@@H](n2cc(CNCCC)c(=O)[nH]c2=S)[C@H](O)[C@@H]1O. The van der Waals surface area contributed by atoms with E-state index in [0.29, 0.717) is 62.0 Å². The first kappa shape index (κ1) is 90.3. The lowest BCUT2D eigenvalue weighted by molar-refractivity contribution is -0.0404. The molecule has 0 unspecified atom stereocenters. The maximum Gasteiger partial charge on any atom is 0.330 e. The van der Waals surface area contributed by atoms with Gasteiger partial charge >= 0.3 is 17.1 Å². The van der Waals surface area contributed by atoms with Crippen molar-refractivity contribution < 1.29 is 59.8 Å². The van der Waals surface area contributed by atoms with Crippen LogP contribution in [0.25, 0.3) is 0 Å². The second kappa shape index (κ2) is 40.9. The Morgan fingerprint density at radius 1 is 0.404 bits per heavy atom. The Balaban J connectivity index is 0.000000249.